The summed E-state index contributed by atoms with van der Waals surface area (Å²) in [7, 11) is 0. The van der Waals surface area contributed by atoms with Crippen LogP contribution in [0.4, 0.5) is 5.69 Å². The van der Waals surface area contributed by atoms with Crippen LogP contribution in [-0.4, -0.2) is 43.2 Å². The Balaban J connectivity index is 0.00000341. The number of benzene rings is 2. The Hall–Kier alpha value is -2.33. The molecule has 2 aromatic rings. The lowest BCUT2D eigenvalue weighted by molar-refractivity contribution is -0.116. The van der Waals surface area contributed by atoms with E-state index in [2.05, 4.69) is 20.9 Å². The van der Waals surface area contributed by atoms with Crippen molar-refractivity contribution >= 4 is 41.5 Å². The quantitative estimate of drug-likeness (QED) is 0.170. The van der Waals surface area contributed by atoms with E-state index in [0.717, 1.165) is 35.5 Å². The van der Waals surface area contributed by atoms with Crippen molar-refractivity contribution in [3.05, 3.63) is 59.7 Å². The van der Waals surface area contributed by atoms with Crippen molar-refractivity contribution in [1.29, 1.82) is 0 Å². The van der Waals surface area contributed by atoms with Crippen LogP contribution in [-0.2, 0) is 11.2 Å². The molecule has 31 heavy (non-hydrogen) atoms. The van der Waals surface area contributed by atoms with Crippen LogP contribution in [0.15, 0.2) is 53.5 Å². The molecule has 0 radical (unpaired) electrons. The molecule has 7 nitrogen and oxygen atoms in total. The number of guanidine groups is 1. The summed E-state index contributed by atoms with van der Waals surface area (Å²) in [6.45, 7) is 4.37. The summed E-state index contributed by atoms with van der Waals surface area (Å²) in [5, 5.41) is 19.6. The van der Waals surface area contributed by atoms with E-state index in [1.54, 1.807) is 0 Å². The minimum absolute atomic E-state index is 0. The van der Waals surface area contributed by atoms with Crippen molar-refractivity contribution in [1.82, 2.24) is 10.6 Å². The van der Waals surface area contributed by atoms with Gasteiger partial charge in [0, 0.05) is 25.2 Å². The third kappa shape index (κ3) is 8.02. The number of halogens is 1. The van der Waals surface area contributed by atoms with Crippen LogP contribution in [0.2, 0.25) is 0 Å². The van der Waals surface area contributed by atoms with Gasteiger partial charge in [-0.15, -0.1) is 24.0 Å². The van der Waals surface area contributed by atoms with Gasteiger partial charge in [-0.05, 0) is 49.1 Å². The van der Waals surface area contributed by atoms with Crippen LogP contribution in [0.25, 0.3) is 0 Å². The minimum Gasteiger partial charge on any atom is -0.492 e. The van der Waals surface area contributed by atoms with E-state index in [0.29, 0.717) is 38.5 Å². The Morgan fingerprint density at radius 1 is 1.19 bits per heavy atom. The van der Waals surface area contributed by atoms with Gasteiger partial charge in [0.15, 0.2) is 5.96 Å². The maximum absolute atomic E-state index is 11.4. The van der Waals surface area contributed by atoms with Crippen molar-refractivity contribution in [2.24, 2.45) is 4.99 Å². The molecule has 1 aliphatic rings. The maximum Gasteiger partial charge on any atom is 0.224 e. The van der Waals surface area contributed by atoms with Crippen molar-refractivity contribution in [3.8, 4) is 5.75 Å². The Kier molecular flexibility index (Phi) is 10.6. The number of amides is 1. The van der Waals surface area contributed by atoms with E-state index in [1.165, 1.54) is 0 Å². The van der Waals surface area contributed by atoms with Crippen LogP contribution in [0.3, 0.4) is 0 Å². The largest absolute Gasteiger partial charge is 0.492 e. The van der Waals surface area contributed by atoms with Gasteiger partial charge in [-0.25, -0.2) is 0 Å². The average Bonchev–Trinajstić information content (AvgIpc) is 2.77. The van der Waals surface area contributed by atoms with Gasteiger partial charge in [-0.2, -0.15) is 0 Å². The first-order chi connectivity index (χ1) is 14.7. The first kappa shape index (κ1) is 24.9. The molecule has 0 spiro atoms. The Morgan fingerprint density at radius 2 is 2.00 bits per heavy atom. The number of aryl methyl sites for hydroxylation is 1. The lowest BCUT2D eigenvalue weighted by atomic mass is 10.0. The van der Waals surface area contributed by atoms with Gasteiger partial charge in [-0.3, -0.25) is 9.79 Å². The van der Waals surface area contributed by atoms with Gasteiger partial charge in [0.2, 0.25) is 5.91 Å². The fourth-order valence-electron chi connectivity index (χ4n) is 3.27. The lowest BCUT2D eigenvalue weighted by Crippen LogP contribution is -2.39. The highest BCUT2D eigenvalue weighted by Gasteiger charge is 2.15. The molecule has 0 saturated carbocycles. The fourth-order valence-corrected chi connectivity index (χ4v) is 3.27. The predicted octanol–water partition coefficient (Wildman–Crippen LogP) is 3.25. The van der Waals surface area contributed by atoms with Gasteiger partial charge >= 0.3 is 0 Å². The minimum atomic E-state index is -0.519. The number of aliphatic hydroxyl groups excluding tert-OH is 1. The number of carbonyl (C=O) groups excluding carboxylic acids is 1. The summed E-state index contributed by atoms with van der Waals surface area (Å²) in [6, 6.07) is 15.4. The molecule has 3 rings (SSSR count). The smallest absolute Gasteiger partial charge is 0.224 e. The zero-order valence-electron chi connectivity index (χ0n) is 17.8. The Bertz CT molecular complexity index is 861. The van der Waals surface area contributed by atoms with Crippen LogP contribution in [0, 0.1) is 0 Å². The van der Waals surface area contributed by atoms with Crippen molar-refractivity contribution in [2.75, 3.05) is 31.6 Å². The number of aliphatic imine (C=N–C) groups is 1. The standard InChI is InChI=1S/C23H30N4O3.HI/c1-2-24-23(25-13-12-21(28)17-6-4-3-5-7-17)26-14-15-30-19-9-10-20-18(16-19)8-11-22(29)27-20;/h3-7,9-10,16,21,28H,2,8,11-15H2,1H3,(H,27,29)(H2,24,25,26);1H. The van der Waals surface area contributed by atoms with Crippen molar-refractivity contribution in [2.45, 2.75) is 32.3 Å². The van der Waals surface area contributed by atoms with E-state index >= 15 is 0 Å². The molecule has 0 aliphatic carbocycles. The number of carbonyl (C=O) groups is 1. The molecule has 1 amide bonds. The number of nitrogens with zero attached hydrogens (tertiary/aromatic N) is 1. The molecular formula is C23H31IN4O3. The maximum atomic E-state index is 11.4. The highest BCUT2D eigenvalue weighted by atomic mass is 127. The van der Waals surface area contributed by atoms with Gasteiger partial charge in [0.25, 0.3) is 0 Å². The van der Waals surface area contributed by atoms with Gasteiger partial charge in [-0.1, -0.05) is 30.3 Å². The van der Waals surface area contributed by atoms with E-state index in [1.807, 2.05) is 55.5 Å². The van der Waals surface area contributed by atoms with Gasteiger partial charge < -0.3 is 25.8 Å². The monoisotopic (exact) mass is 538 g/mol. The summed E-state index contributed by atoms with van der Waals surface area (Å²) in [5.74, 6) is 1.56. The third-order valence-corrected chi connectivity index (χ3v) is 4.84. The van der Waals surface area contributed by atoms with E-state index in [4.69, 9.17) is 4.74 Å². The second-order valence-corrected chi connectivity index (χ2v) is 7.12. The van der Waals surface area contributed by atoms with Crippen LogP contribution in [0.1, 0.15) is 37.0 Å². The average molecular weight is 538 g/mol. The zero-order chi connectivity index (χ0) is 21.2. The van der Waals surface area contributed by atoms with Gasteiger partial charge in [0.05, 0.1) is 12.6 Å². The normalized spacial score (nSPS) is 14.0. The molecule has 1 aliphatic heterocycles. The topological polar surface area (TPSA) is 95.0 Å². The second-order valence-electron chi connectivity index (χ2n) is 7.12. The molecule has 8 heteroatoms. The molecule has 1 heterocycles. The molecule has 0 bridgehead atoms. The number of fused-ring (bicyclic) bond motifs is 1. The fraction of sp³-hybridized carbons (Fsp3) is 0.391. The van der Waals surface area contributed by atoms with Crippen molar-refractivity contribution < 1.29 is 14.6 Å². The number of anilines is 1. The summed E-state index contributed by atoms with van der Waals surface area (Å²) in [5.41, 5.74) is 2.88. The predicted molar refractivity (Wildman–Crippen MR) is 134 cm³/mol. The second kappa shape index (κ2) is 13.2. The first-order valence-corrected chi connectivity index (χ1v) is 10.5. The summed E-state index contributed by atoms with van der Waals surface area (Å²) in [4.78, 5) is 16.0. The number of nitrogens with one attached hydrogen (secondary N) is 3. The van der Waals surface area contributed by atoms with E-state index in [-0.39, 0.29) is 29.9 Å². The van der Waals surface area contributed by atoms with E-state index in [9.17, 15) is 9.90 Å². The molecule has 1 atom stereocenters. The lowest BCUT2D eigenvalue weighted by Gasteiger charge is -2.18. The molecule has 0 aromatic heterocycles. The molecule has 1 unspecified atom stereocenters. The number of hydrogen-bond donors (Lipinski definition) is 4. The molecular weight excluding hydrogens is 507 g/mol. The molecule has 0 saturated heterocycles. The zero-order valence-corrected chi connectivity index (χ0v) is 20.1. The Morgan fingerprint density at radius 3 is 2.77 bits per heavy atom. The van der Waals surface area contributed by atoms with Crippen LogP contribution in [0.5, 0.6) is 5.75 Å². The summed E-state index contributed by atoms with van der Waals surface area (Å²) >= 11 is 0. The SMILES string of the molecule is CCNC(=NCCC(O)c1ccccc1)NCCOc1ccc2c(c1)CCC(=O)N2.I. The molecule has 0 fully saturated rings. The summed E-state index contributed by atoms with van der Waals surface area (Å²) < 4.78 is 5.83. The highest BCUT2D eigenvalue weighted by Crippen LogP contribution is 2.26. The van der Waals surface area contributed by atoms with Gasteiger partial charge in [0.1, 0.15) is 12.4 Å². The Labute approximate surface area is 200 Å². The van der Waals surface area contributed by atoms with Crippen LogP contribution < -0.4 is 20.7 Å². The third-order valence-electron chi connectivity index (χ3n) is 4.84. The van der Waals surface area contributed by atoms with Crippen molar-refractivity contribution in [3.63, 3.8) is 0 Å². The van der Waals surface area contributed by atoms with E-state index < -0.39 is 6.10 Å². The van der Waals surface area contributed by atoms with Crippen LogP contribution >= 0.6 is 24.0 Å². The number of aliphatic hydroxyl groups is 1. The molecule has 2 aromatic carbocycles. The number of hydrogen-bond acceptors (Lipinski definition) is 4. The number of rotatable bonds is 9. The molecule has 4 N–H and O–H groups in total. The molecule has 168 valence electrons. The number of ether oxygens (including phenoxy) is 1. The first-order valence-electron chi connectivity index (χ1n) is 10.5. The summed E-state index contributed by atoms with van der Waals surface area (Å²) in [6.07, 6.45) is 1.29. The highest BCUT2D eigenvalue weighted by molar-refractivity contribution is 14.0.